The molecule has 0 spiro atoms. The van der Waals surface area contributed by atoms with E-state index in [9.17, 15) is 10.1 Å². The predicted molar refractivity (Wildman–Crippen MR) is 72.7 cm³/mol. The first kappa shape index (κ1) is 17.5. The van der Waals surface area contributed by atoms with Gasteiger partial charge in [-0.05, 0) is 11.6 Å². The Kier molecular flexibility index (Phi) is 8.51. The van der Waals surface area contributed by atoms with E-state index >= 15 is 0 Å². The van der Waals surface area contributed by atoms with E-state index in [4.69, 9.17) is 30.5 Å². The first-order valence-corrected chi connectivity index (χ1v) is 6.47. The molecule has 1 rings (SSSR count). The second-order valence-electron chi connectivity index (χ2n) is 3.65. The molecule has 0 amide bonds. The van der Waals surface area contributed by atoms with Crippen molar-refractivity contribution < 1.29 is 23.9 Å². The Hall–Kier alpha value is -1.55. The summed E-state index contributed by atoms with van der Waals surface area (Å²) in [5.41, 5.74) is -0.345. The van der Waals surface area contributed by atoms with Crippen molar-refractivity contribution >= 4 is 17.3 Å². The molecule has 0 saturated carbocycles. The van der Waals surface area contributed by atoms with Crippen LogP contribution in [0.2, 0.25) is 5.28 Å². The molecule has 118 valence electrons. The Bertz CT molecular complexity index is 448. The van der Waals surface area contributed by atoms with E-state index in [1.54, 1.807) is 7.11 Å². The number of methoxy groups -OCH3 is 1. The molecular weight excluding hydrogens is 306 g/mol. The van der Waals surface area contributed by atoms with Gasteiger partial charge in [0.05, 0.1) is 38.0 Å². The quantitative estimate of drug-likeness (QED) is 0.258. The maximum atomic E-state index is 10.7. The van der Waals surface area contributed by atoms with Gasteiger partial charge in [-0.2, -0.15) is 4.98 Å². The van der Waals surface area contributed by atoms with Crippen LogP contribution in [-0.4, -0.2) is 61.6 Å². The summed E-state index contributed by atoms with van der Waals surface area (Å²) in [5.74, 6) is -0.181. The van der Waals surface area contributed by atoms with E-state index < -0.39 is 4.92 Å². The first-order chi connectivity index (χ1) is 10.1. The van der Waals surface area contributed by atoms with Gasteiger partial charge in [0.2, 0.25) is 5.28 Å². The third-order valence-electron chi connectivity index (χ3n) is 2.17. The minimum Gasteiger partial charge on any atom is -0.470 e. The fourth-order valence-electron chi connectivity index (χ4n) is 1.23. The molecule has 0 bridgehead atoms. The second-order valence-corrected chi connectivity index (χ2v) is 3.99. The number of nitrogens with zero attached hydrogens (tertiary/aromatic N) is 3. The minimum atomic E-state index is -0.643. The fourth-order valence-corrected chi connectivity index (χ4v) is 1.36. The zero-order valence-corrected chi connectivity index (χ0v) is 12.2. The van der Waals surface area contributed by atoms with Crippen LogP contribution in [0.5, 0.6) is 5.88 Å². The van der Waals surface area contributed by atoms with Crippen LogP contribution in [0.1, 0.15) is 0 Å². The van der Waals surface area contributed by atoms with Crippen LogP contribution in [0.25, 0.3) is 0 Å². The molecule has 0 aliphatic rings. The minimum absolute atomic E-state index is 0.103. The Morgan fingerprint density at radius 3 is 2.43 bits per heavy atom. The highest BCUT2D eigenvalue weighted by Crippen LogP contribution is 2.24. The van der Waals surface area contributed by atoms with Gasteiger partial charge in [0.15, 0.2) is 0 Å². The molecule has 0 saturated heterocycles. The molecular formula is C11H16ClN3O6. The lowest BCUT2D eigenvalue weighted by molar-refractivity contribution is -0.386. The van der Waals surface area contributed by atoms with E-state index in [0.717, 1.165) is 6.20 Å². The monoisotopic (exact) mass is 321 g/mol. The summed E-state index contributed by atoms with van der Waals surface area (Å²) in [6.45, 7) is 2.20. The van der Waals surface area contributed by atoms with Crippen molar-refractivity contribution in [3.63, 3.8) is 0 Å². The Labute approximate surface area is 126 Å². The lowest BCUT2D eigenvalue weighted by Gasteiger charge is -2.07. The van der Waals surface area contributed by atoms with E-state index in [1.807, 2.05) is 0 Å². The molecule has 0 atom stereocenters. The van der Waals surface area contributed by atoms with Crippen molar-refractivity contribution in [2.45, 2.75) is 0 Å². The van der Waals surface area contributed by atoms with Gasteiger partial charge in [-0.1, -0.05) is 0 Å². The lowest BCUT2D eigenvalue weighted by atomic mass is 10.5. The normalized spacial score (nSPS) is 10.6. The van der Waals surface area contributed by atoms with E-state index in [-0.39, 0.29) is 30.1 Å². The summed E-state index contributed by atoms with van der Waals surface area (Å²) in [6, 6.07) is 0. The van der Waals surface area contributed by atoms with Crippen molar-refractivity contribution in [1.82, 2.24) is 9.97 Å². The van der Waals surface area contributed by atoms with Gasteiger partial charge in [-0.25, -0.2) is 4.98 Å². The van der Waals surface area contributed by atoms with Crippen LogP contribution >= 0.6 is 11.6 Å². The van der Waals surface area contributed by atoms with E-state index in [0.29, 0.717) is 26.4 Å². The Balaban J connectivity index is 2.21. The van der Waals surface area contributed by atoms with Gasteiger partial charge < -0.3 is 18.9 Å². The highest BCUT2D eigenvalue weighted by molar-refractivity contribution is 6.28. The van der Waals surface area contributed by atoms with Gasteiger partial charge in [0, 0.05) is 7.11 Å². The highest BCUT2D eigenvalue weighted by atomic mass is 35.5. The zero-order chi connectivity index (χ0) is 15.5. The lowest BCUT2D eigenvalue weighted by Crippen LogP contribution is -2.13. The molecule has 1 heterocycles. The largest absolute Gasteiger partial charge is 0.470 e. The van der Waals surface area contributed by atoms with Crippen LogP contribution in [-0.2, 0) is 14.2 Å². The molecule has 0 aliphatic carbocycles. The van der Waals surface area contributed by atoms with Crippen LogP contribution in [0, 0.1) is 10.1 Å². The van der Waals surface area contributed by atoms with E-state index in [2.05, 4.69) is 9.97 Å². The number of halogens is 1. The number of aromatic nitrogens is 2. The number of rotatable bonds is 11. The first-order valence-electron chi connectivity index (χ1n) is 6.09. The van der Waals surface area contributed by atoms with Gasteiger partial charge in [0.25, 0.3) is 5.88 Å². The maximum Gasteiger partial charge on any atom is 0.349 e. The molecule has 0 radical (unpaired) electrons. The molecule has 0 unspecified atom stereocenters. The molecule has 0 N–H and O–H groups in total. The molecule has 0 aromatic carbocycles. The average molecular weight is 322 g/mol. The second kappa shape index (κ2) is 10.2. The van der Waals surface area contributed by atoms with Crippen molar-refractivity contribution in [2.24, 2.45) is 0 Å². The summed E-state index contributed by atoms with van der Waals surface area (Å²) in [7, 11) is 1.59. The van der Waals surface area contributed by atoms with Crippen molar-refractivity contribution in [3.8, 4) is 5.88 Å². The zero-order valence-electron chi connectivity index (χ0n) is 11.5. The third kappa shape index (κ3) is 7.14. The average Bonchev–Trinajstić information content (AvgIpc) is 2.45. The summed E-state index contributed by atoms with van der Waals surface area (Å²) in [5, 5.41) is 10.6. The molecule has 1 aromatic heterocycles. The summed E-state index contributed by atoms with van der Waals surface area (Å²) in [6.07, 6.45) is 0.995. The van der Waals surface area contributed by atoms with Gasteiger partial charge in [-0.3, -0.25) is 10.1 Å². The Morgan fingerprint density at radius 1 is 1.19 bits per heavy atom. The van der Waals surface area contributed by atoms with Gasteiger partial charge in [-0.15, -0.1) is 0 Å². The Morgan fingerprint density at radius 2 is 1.81 bits per heavy atom. The molecule has 0 fully saturated rings. The molecule has 21 heavy (non-hydrogen) atoms. The van der Waals surface area contributed by atoms with E-state index in [1.165, 1.54) is 0 Å². The molecule has 0 aliphatic heterocycles. The van der Waals surface area contributed by atoms with Crippen molar-refractivity contribution in [3.05, 3.63) is 21.6 Å². The molecule has 1 aromatic rings. The topological polar surface area (TPSA) is 106 Å². The van der Waals surface area contributed by atoms with Gasteiger partial charge >= 0.3 is 5.69 Å². The van der Waals surface area contributed by atoms with Crippen LogP contribution < -0.4 is 4.74 Å². The van der Waals surface area contributed by atoms with Gasteiger partial charge in [0.1, 0.15) is 12.8 Å². The van der Waals surface area contributed by atoms with Crippen LogP contribution in [0.4, 0.5) is 5.69 Å². The van der Waals surface area contributed by atoms with Crippen LogP contribution in [0.15, 0.2) is 6.20 Å². The maximum absolute atomic E-state index is 10.7. The fraction of sp³-hybridized carbons (Fsp3) is 0.636. The summed E-state index contributed by atoms with van der Waals surface area (Å²) in [4.78, 5) is 17.3. The highest BCUT2D eigenvalue weighted by Gasteiger charge is 2.18. The molecule has 10 heteroatoms. The number of ether oxygens (including phenoxy) is 4. The van der Waals surface area contributed by atoms with Crippen molar-refractivity contribution in [2.75, 3.05) is 46.8 Å². The van der Waals surface area contributed by atoms with Crippen LogP contribution in [0.3, 0.4) is 0 Å². The van der Waals surface area contributed by atoms with Crippen molar-refractivity contribution in [1.29, 1.82) is 0 Å². The summed E-state index contributed by atoms with van der Waals surface area (Å²) < 4.78 is 20.4. The molecule has 9 nitrogen and oxygen atoms in total. The number of nitro groups is 1. The third-order valence-corrected chi connectivity index (χ3v) is 2.36. The predicted octanol–water partition coefficient (Wildman–Crippen LogP) is 1.10. The SMILES string of the molecule is COCCOCCOCCOc1nc(Cl)ncc1[N+](=O)[O-]. The summed E-state index contributed by atoms with van der Waals surface area (Å²) >= 11 is 5.56. The smallest absolute Gasteiger partial charge is 0.349 e. The standard InChI is InChI=1S/C11H16ClN3O6/c1-18-2-3-19-4-5-20-6-7-21-10-9(15(16)17)8-13-11(12)14-10/h8H,2-7H2,1H3. The number of hydrogen-bond acceptors (Lipinski definition) is 8. The number of hydrogen-bond donors (Lipinski definition) is 0.